The lowest BCUT2D eigenvalue weighted by atomic mass is 9.86. The topological polar surface area (TPSA) is 49.4 Å². The van der Waals surface area contributed by atoms with E-state index in [9.17, 15) is 9.59 Å². The molecule has 1 heterocycles. The lowest BCUT2D eigenvalue weighted by molar-refractivity contribution is -0.151. The average molecular weight is 266 g/mol. The third-order valence-electron chi connectivity index (χ3n) is 4.73. The Balaban J connectivity index is 2.17. The predicted molar refractivity (Wildman–Crippen MR) is 74.6 cm³/mol. The van der Waals surface area contributed by atoms with Crippen molar-refractivity contribution in [3.63, 3.8) is 0 Å². The minimum absolute atomic E-state index is 0.0237. The zero-order chi connectivity index (χ0) is 14.0. The van der Waals surface area contributed by atoms with Crippen LogP contribution in [0.4, 0.5) is 0 Å². The molecular formula is C15H26N2O2. The Hall–Kier alpha value is -1.06. The third kappa shape index (κ3) is 2.77. The van der Waals surface area contributed by atoms with Crippen LogP contribution in [0, 0.1) is 5.41 Å². The lowest BCUT2D eigenvalue weighted by Crippen LogP contribution is -2.64. The molecule has 2 atom stereocenters. The van der Waals surface area contributed by atoms with E-state index in [-0.39, 0.29) is 29.3 Å². The van der Waals surface area contributed by atoms with Crippen LogP contribution in [0.2, 0.25) is 0 Å². The molecule has 2 amide bonds. The van der Waals surface area contributed by atoms with Crippen molar-refractivity contribution < 1.29 is 9.59 Å². The van der Waals surface area contributed by atoms with Gasteiger partial charge in [0.1, 0.15) is 12.1 Å². The molecule has 2 fully saturated rings. The molecule has 2 rings (SSSR count). The highest BCUT2D eigenvalue weighted by atomic mass is 16.2. The summed E-state index contributed by atoms with van der Waals surface area (Å²) in [4.78, 5) is 26.5. The predicted octanol–water partition coefficient (Wildman–Crippen LogP) is 2.08. The van der Waals surface area contributed by atoms with Crippen molar-refractivity contribution in [1.29, 1.82) is 0 Å². The van der Waals surface area contributed by atoms with Crippen molar-refractivity contribution in [3.05, 3.63) is 0 Å². The van der Waals surface area contributed by atoms with Crippen LogP contribution in [-0.2, 0) is 9.59 Å². The summed E-state index contributed by atoms with van der Waals surface area (Å²) in [5.41, 5.74) is 0.207. The summed E-state index contributed by atoms with van der Waals surface area (Å²) in [6.45, 7) is 6.93. The second-order valence-corrected chi connectivity index (χ2v) is 6.38. The van der Waals surface area contributed by atoms with Crippen LogP contribution in [0.1, 0.15) is 59.3 Å². The van der Waals surface area contributed by atoms with Crippen molar-refractivity contribution >= 4 is 11.8 Å². The van der Waals surface area contributed by atoms with Gasteiger partial charge in [-0.25, -0.2) is 0 Å². The SMILES string of the molecule is CCC1NC(=O)C(CC)N(CC2(C)CCCC2)C1=O. The molecule has 2 unspecified atom stereocenters. The Morgan fingerprint density at radius 1 is 1.21 bits per heavy atom. The summed E-state index contributed by atoms with van der Waals surface area (Å²) in [5, 5.41) is 2.85. The maximum Gasteiger partial charge on any atom is 0.245 e. The van der Waals surface area contributed by atoms with Gasteiger partial charge in [-0.1, -0.05) is 33.6 Å². The van der Waals surface area contributed by atoms with E-state index in [0.717, 1.165) is 6.54 Å². The molecule has 19 heavy (non-hydrogen) atoms. The first-order chi connectivity index (χ1) is 9.00. The van der Waals surface area contributed by atoms with E-state index in [1.807, 2.05) is 18.7 Å². The number of nitrogens with zero attached hydrogens (tertiary/aromatic N) is 1. The standard InChI is InChI=1S/C15H26N2O2/c1-4-11-14(19)17(12(5-2)13(18)16-11)10-15(3)8-6-7-9-15/h11-12H,4-10H2,1-3H3,(H,16,18). The Morgan fingerprint density at radius 3 is 2.37 bits per heavy atom. The normalized spacial score (nSPS) is 30.6. The minimum atomic E-state index is -0.319. The Bertz CT molecular complexity index is 361. The maximum absolute atomic E-state index is 12.5. The van der Waals surface area contributed by atoms with Crippen LogP contribution in [0.5, 0.6) is 0 Å². The first-order valence-corrected chi connectivity index (χ1v) is 7.61. The van der Waals surface area contributed by atoms with E-state index in [0.29, 0.717) is 12.8 Å². The number of amides is 2. The van der Waals surface area contributed by atoms with Gasteiger partial charge in [0.15, 0.2) is 0 Å². The van der Waals surface area contributed by atoms with Gasteiger partial charge in [-0.3, -0.25) is 9.59 Å². The molecule has 108 valence electrons. The molecule has 1 saturated heterocycles. The molecule has 1 saturated carbocycles. The monoisotopic (exact) mass is 266 g/mol. The van der Waals surface area contributed by atoms with Crippen LogP contribution >= 0.6 is 0 Å². The molecule has 0 aromatic heterocycles. The Kier molecular flexibility index (Phi) is 4.16. The number of nitrogens with one attached hydrogen (secondary N) is 1. The average Bonchev–Trinajstić information content (AvgIpc) is 2.80. The Morgan fingerprint density at radius 2 is 1.84 bits per heavy atom. The molecule has 1 N–H and O–H groups in total. The second-order valence-electron chi connectivity index (χ2n) is 6.38. The fourth-order valence-electron chi connectivity index (χ4n) is 3.49. The van der Waals surface area contributed by atoms with Gasteiger partial charge in [0.25, 0.3) is 0 Å². The second kappa shape index (κ2) is 5.51. The molecular weight excluding hydrogens is 240 g/mol. The lowest BCUT2D eigenvalue weighted by Gasteiger charge is -2.42. The fraction of sp³-hybridized carbons (Fsp3) is 0.867. The smallest absolute Gasteiger partial charge is 0.245 e. The summed E-state index contributed by atoms with van der Waals surface area (Å²) >= 11 is 0. The minimum Gasteiger partial charge on any atom is -0.343 e. The maximum atomic E-state index is 12.5. The first kappa shape index (κ1) is 14.4. The van der Waals surface area contributed by atoms with Gasteiger partial charge in [0.05, 0.1) is 0 Å². The van der Waals surface area contributed by atoms with Gasteiger partial charge in [0.2, 0.25) is 11.8 Å². The summed E-state index contributed by atoms with van der Waals surface area (Å²) in [7, 11) is 0. The first-order valence-electron chi connectivity index (χ1n) is 7.61. The van der Waals surface area contributed by atoms with Gasteiger partial charge in [-0.2, -0.15) is 0 Å². The quantitative estimate of drug-likeness (QED) is 0.847. The van der Waals surface area contributed by atoms with E-state index in [2.05, 4.69) is 12.2 Å². The van der Waals surface area contributed by atoms with Gasteiger partial charge >= 0.3 is 0 Å². The number of hydrogen-bond acceptors (Lipinski definition) is 2. The van der Waals surface area contributed by atoms with Crippen LogP contribution in [0.25, 0.3) is 0 Å². The van der Waals surface area contributed by atoms with Crippen molar-refractivity contribution in [2.45, 2.75) is 71.4 Å². The van der Waals surface area contributed by atoms with Gasteiger partial charge in [-0.05, 0) is 31.1 Å². The van der Waals surface area contributed by atoms with E-state index < -0.39 is 0 Å². The highest BCUT2D eigenvalue weighted by Gasteiger charge is 2.42. The molecule has 0 radical (unpaired) electrons. The third-order valence-corrected chi connectivity index (χ3v) is 4.73. The number of piperazine rings is 1. The van der Waals surface area contributed by atoms with Crippen LogP contribution in [0.15, 0.2) is 0 Å². The molecule has 0 spiro atoms. The van der Waals surface area contributed by atoms with Crippen LogP contribution < -0.4 is 5.32 Å². The molecule has 0 aromatic rings. The molecule has 0 aromatic carbocycles. The summed E-state index contributed by atoms with van der Waals surface area (Å²) in [6, 6.07) is -0.590. The van der Waals surface area contributed by atoms with Crippen LogP contribution in [-0.4, -0.2) is 35.3 Å². The fourth-order valence-corrected chi connectivity index (χ4v) is 3.49. The summed E-state index contributed by atoms with van der Waals surface area (Å²) in [6.07, 6.45) is 6.22. The van der Waals surface area contributed by atoms with Crippen molar-refractivity contribution in [1.82, 2.24) is 10.2 Å². The number of carbonyl (C=O) groups excluding carboxylic acids is 2. The molecule has 4 nitrogen and oxygen atoms in total. The summed E-state index contributed by atoms with van der Waals surface area (Å²) < 4.78 is 0. The molecule has 4 heteroatoms. The van der Waals surface area contributed by atoms with Gasteiger partial charge in [0, 0.05) is 6.54 Å². The van der Waals surface area contributed by atoms with Gasteiger partial charge in [-0.15, -0.1) is 0 Å². The van der Waals surface area contributed by atoms with Crippen molar-refractivity contribution in [2.75, 3.05) is 6.54 Å². The highest BCUT2D eigenvalue weighted by molar-refractivity contribution is 5.96. The molecule has 0 bridgehead atoms. The zero-order valence-corrected chi connectivity index (χ0v) is 12.4. The summed E-state index contributed by atoms with van der Waals surface area (Å²) in [5.74, 6) is 0.137. The van der Waals surface area contributed by atoms with Gasteiger partial charge < -0.3 is 10.2 Å². The van der Waals surface area contributed by atoms with Crippen molar-refractivity contribution in [2.24, 2.45) is 5.41 Å². The van der Waals surface area contributed by atoms with E-state index in [1.165, 1.54) is 25.7 Å². The van der Waals surface area contributed by atoms with Crippen LogP contribution in [0.3, 0.4) is 0 Å². The number of carbonyl (C=O) groups is 2. The molecule has 1 aliphatic heterocycles. The largest absolute Gasteiger partial charge is 0.343 e. The zero-order valence-electron chi connectivity index (χ0n) is 12.4. The van der Waals surface area contributed by atoms with E-state index in [1.54, 1.807) is 0 Å². The Labute approximate surface area is 115 Å². The van der Waals surface area contributed by atoms with E-state index >= 15 is 0 Å². The van der Waals surface area contributed by atoms with Crippen molar-refractivity contribution in [3.8, 4) is 0 Å². The van der Waals surface area contributed by atoms with E-state index in [4.69, 9.17) is 0 Å². The molecule has 2 aliphatic rings. The molecule has 1 aliphatic carbocycles. The number of hydrogen-bond donors (Lipinski definition) is 1. The number of rotatable bonds is 4. The highest BCUT2D eigenvalue weighted by Crippen LogP contribution is 2.39.